The zero-order chi connectivity index (χ0) is 15.8. The molecule has 0 aliphatic rings. The van der Waals surface area contributed by atoms with E-state index in [0.717, 1.165) is 4.90 Å². The maximum Gasteiger partial charge on any atom is 0.323 e. The number of nitrogens with zero attached hydrogens (tertiary/aromatic N) is 1. The van der Waals surface area contributed by atoms with Gasteiger partial charge in [0, 0.05) is 12.6 Å². The fourth-order valence-electron chi connectivity index (χ4n) is 1.64. The van der Waals surface area contributed by atoms with Crippen LogP contribution in [-0.2, 0) is 4.79 Å². The van der Waals surface area contributed by atoms with E-state index in [1.54, 1.807) is 18.2 Å². The van der Waals surface area contributed by atoms with Crippen LogP contribution in [0, 0.1) is 0 Å². The van der Waals surface area contributed by atoms with Crippen LogP contribution < -0.4 is 14.8 Å². The van der Waals surface area contributed by atoms with E-state index in [9.17, 15) is 9.59 Å². The van der Waals surface area contributed by atoms with Crippen molar-refractivity contribution in [2.75, 3.05) is 32.6 Å². The lowest BCUT2D eigenvalue weighted by molar-refractivity contribution is -0.137. The first-order valence-corrected chi connectivity index (χ1v) is 6.12. The summed E-state index contributed by atoms with van der Waals surface area (Å²) in [5, 5.41) is 11.4. The Morgan fingerprint density at radius 2 is 2.10 bits per heavy atom. The van der Waals surface area contributed by atoms with Crippen LogP contribution in [0.3, 0.4) is 0 Å². The Balaban J connectivity index is 2.93. The molecule has 1 aromatic rings. The monoisotopic (exact) mass is 294 g/mol. The lowest BCUT2D eigenvalue weighted by Gasteiger charge is -2.20. The van der Waals surface area contributed by atoms with Gasteiger partial charge in [-0.25, -0.2) is 4.79 Å². The van der Waals surface area contributed by atoms with Crippen LogP contribution in [0.4, 0.5) is 10.5 Å². The van der Waals surface area contributed by atoms with Gasteiger partial charge in [0.2, 0.25) is 0 Å². The van der Waals surface area contributed by atoms with E-state index in [4.69, 9.17) is 14.6 Å². The van der Waals surface area contributed by atoms with E-state index in [0.29, 0.717) is 17.2 Å². The molecule has 0 aliphatic heterocycles. The third kappa shape index (κ3) is 4.72. The van der Waals surface area contributed by atoms with E-state index in [1.165, 1.54) is 20.3 Å². The molecule has 0 saturated heterocycles. The molecule has 0 atom stereocenters. The first-order valence-electron chi connectivity index (χ1n) is 6.12. The summed E-state index contributed by atoms with van der Waals surface area (Å²) < 4.78 is 10.2. The SMILES string of the molecule is C=CCN(CC(=O)O)C(=O)Nc1cc(OC)ccc1OC. The van der Waals surface area contributed by atoms with Crippen molar-refractivity contribution in [1.82, 2.24) is 4.90 Å². The predicted octanol–water partition coefficient (Wildman–Crippen LogP) is 1.81. The standard InChI is InChI=1S/C14H18N2O5/c1-4-7-16(9-13(17)18)14(19)15-11-8-10(20-2)5-6-12(11)21-3/h4-6,8H,1,7,9H2,2-3H3,(H,15,19)(H,17,18). The molecule has 114 valence electrons. The highest BCUT2D eigenvalue weighted by atomic mass is 16.5. The van der Waals surface area contributed by atoms with Gasteiger partial charge < -0.3 is 24.8 Å². The van der Waals surface area contributed by atoms with Crippen molar-refractivity contribution < 1.29 is 24.2 Å². The number of benzene rings is 1. The number of hydrogen-bond donors (Lipinski definition) is 2. The molecule has 0 fully saturated rings. The summed E-state index contributed by atoms with van der Waals surface area (Å²) in [6.45, 7) is 3.19. The Labute approximate surface area is 122 Å². The molecule has 0 heterocycles. The van der Waals surface area contributed by atoms with Crippen LogP contribution in [0.2, 0.25) is 0 Å². The molecule has 0 saturated carbocycles. The number of carbonyl (C=O) groups excluding carboxylic acids is 1. The second-order valence-electron chi connectivity index (χ2n) is 4.06. The minimum Gasteiger partial charge on any atom is -0.497 e. The van der Waals surface area contributed by atoms with Crippen LogP contribution in [0.1, 0.15) is 0 Å². The molecule has 0 aromatic heterocycles. The minimum atomic E-state index is -1.11. The Morgan fingerprint density at radius 3 is 2.62 bits per heavy atom. The predicted molar refractivity (Wildman–Crippen MR) is 78.0 cm³/mol. The number of carboxylic acids is 1. The van der Waals surface area contributed by atoms with E-state index in [-0.39, 0.29) is 6.54 Å². The largest absolute Gasteiger partial charge is 0.497 e. The highest BCUT2D eigenvalue weighted by Crippen LogP contribution is 2.29. The normalized spacial score (nSPS) is 9.62. The van der Waals surface area contributed by atoms with E-state index >= 15 is 0 Å². The molecule has 7 nitrogen and oxygen atoms in total. The number of amides is 2. The molecule has 1 rings (SSSR count). The number of methoxy groups -OCH3 is 2. The molecule has 0 spiro atoms. The zero-order valence-electron chi connectivity index (χ0n) is 12.0. The van der Waals surface area contributed by atoms with Crippen molar-refractivity contribution in [1.29, 1.82) is 0 Å². The number of carboxylic acid groups (broad SMARTS) is 1. The third-order valence-corrected chi connectivity index (χ3v) is 2.61. The molecule has 0 radical (unpaired) electrons. The van der Waals surface area contributed by atoms with Crippen LogP contribution in [0.25, 0.3) is 0 Å². The number of carbonyl (C=O) groups is 2. The second kappa shape index (κ2) is 7.78. The van der Waals surface area contributed by atoms with Gasteiger partial charge in [-0.15, -0.1) is 6.58 Å². The summed E-state index contributed by atoms with van der Waals surface area (Å²) >= 11 is 0. The molecule has 1 aromatic carbocycles. The maximum atomic E-state index is 12.1. The number of aliphatic carboxylic acids is 1. The van der Waals surface area contributed by atoms with Crippen LogP contribution in [0.5, 0.6) is 11.5 Å². The molecule has 7 heteroatoms. The summed E-state index contributed by atoms with van der Waals surface area (Å²) in [7, 11) is 2.97. The fourth-order valence-corrected chi connectivity index (χ4v) is 1.64. The average molecular weight is 294 g/mol. The molecular weight excluding hydrogens is 276 g/mol. The first-order chi connectivity index (χ1) is 10.0. The molecule has 0 unspecified atom stereocenters. The number of ether oxygens (including phenoxy) is 2. The highest BCUT2D eigenvalue weighted by Gasteiger charge is 2.17. The Morgan fingerprint density at radius 1 is 1.38 bits per heavy atom. The van der Waals surface area contributed by atoms with Crippen molar-refractivity contribution in [3.63, 3.8) is 0 Å². The lowest BCUT2D eigenvalue weighted by atomic mass is 10.2. The smallest absolute Gasteiger partial charge is 0.323 e. The van der Waals surface area contributed by atoms with E-state index < -0.39 is 18.5 Å². The van der Waals surface area contributed by atoms with Gasteiger partial charge in [0.15, 0.2) is 0 Å². The van der Waals surface area contributed by atoms with Crippen LogP contribution in [0.15, 0.2) is 30.9 Å². The Hall–Kier alpha value is -2.70. The number of nitrogens with one attached hydrogen (secondary N) is 1. The minimum absolute atomic E-state index is 0.115. The van der Waals surface area contributed by atoms with Crippen LogP contribution in [-0.4, -0.2) is 49.3 Å². The van der Waals surface area contributed by atoms with Gasteiger partial charge >= 0.3 is 12.0 Å². The number of rotatable bonds is 7. The molecule has 2 N–H and O–H groups in total. The van der Waals surface area contributed by atoms with Crippen LogP contribution >= 0.6 is 0 Å². The molecule has 0 aliphatic carbocycles. The summed E-state index contributed by atoms with van der Waals surface area (Å²) in [6, 6.07) is 4.35. The summed E-state index contributed by atoms with van der Waals surface area (Å²) in [5.41, 5.74) is 0.390. The van der Waals surface area contributed by atoms with Gasteiger partial charge in [-0.3, -0.25) is 4.79 Å². The zero-order valence-corrected chi connectivity index (χ0v) is 12.0. The number of urea groups is 1. The van der Waals surface area contributed by atoms with Gasteiger partial charge in [0.05, 0.1) is 19.9 Å². The number of hydrogen-bond acceptors (Lipinski definition) is 4. The fraction of sp³-hybridized carbons (Fsp3) is 0.286. The van der Waals surface area contributed by atoms with Gasteiger partial charge in [0.25, 0.3) is 0 Å². The van der Waals surface area contributed by atoms with Crippen molar-refractivity contribution in [3.05, 3.63) is 30.9 Å². The molecule has 0 bridgehead atoms. The molecular formula is C14H18N2O5. The summed E-state index contributed by atoms with van der Waals surface area (Å²) in [5.74, 6) is -0.123. The van der Waals surface area contributed by atoms with Crippen molar-refractivity contribution in [3.8, 4) is 11.5 Å². The Bertz CT molecular complexity index is 530. The number of anilines is 1. The average Bonchev–Trinajstić information content (AvgIpc) is 2.46. The summed E-state index contributed by atoms with van der Waals surface area (Å²) in [4.78, 5) is 24.0. The third-order valence-electron chi connectivity index (χ3n) is 2.61. The van der Waals surface area contributed by atoms with Crippen molar-refractivity contribution >= 4 is 17.7 Å². The van der Waals surface area contributed by atoms with Gasteiger partial charge in [-0.1, -0.05) is 6.08 Å². The van der Waals surface area contributed by atoms with E-state index in [1.807, 2.05) is 0 Å². The van der Waals surface area contributed by atoms with Crippen molar-refractivity contribution in [2.24, 2.45) is 0 Å². The topological polar surface area (TPSA) is 88.1 Å². The van der Waals surface area contributed by atoms with Gasteiger partial charge in [-0.05, 0) is 12.1 Å². The lowest BCUT2D eigenvalue weighted by Crippen LogP contribution is -2.38. The first kappa shape index (κ1) is 16.4. The maximum absolute atomic E-state index is 12.1. The van der Waals surface area contributed by atoms with Gasteiger partial charge in [-0.2, -0.15) is 0 Å². The quantitative estimate of drug-likeness (QED) is 0.749. The second-order valence-corrected chi connectivity index (χ2v) is 4.06. The van der Waals surface area contributed by atoms with E-state index in [2.05, 4.69) is 11.9 Å². The van der Waals surface area contributed by atoms with Gasteiger partial charge in [0.1, 0.15) is 18.0 Å². The molecule has 21 heavy (non-hydrogen) atoms. The summed E-state index contributed by atoms with van der Waals surface area (Å²) in [6.07, 6.45) is 1.45. The Kier molecular flexibility index (Phi) is 6.06. The molecule has 2 amide bonds. The van der Waals surface area contributed by atoms with Crippen molar-refractivity contribution in [2.45, 2.75) is 0 Å². The highest BCUT2D eigenvalue weighted by molar-refractivity contribution is 5.93.